The fraction of sp³-hybridized carbons (Fsp3) is 0.706. The van der Waals surface area contributed by atoms with Gasteiger partial charge in [-0.3, -0.25) is 9.48 Å². The number of likely N-dealkylation sites (N-methyl/N-ethyl adjacent to an activating group) is 1. The second-order valence-electron chi connectivity index (χ2n) is 6.46. The highest BCUT2D eigenvalue weighted by atomic mass is 127. The maximum atomic E-state index is 11.9. The Hall–Kier alpha value is -1.36. The topological polar surface area (TPSA) is 75.0 Å². The third-order valence-corrected chi connectivity index (χ3v) is 4.14. The van der Waals surface area contributed by atoms with Crippen molar-refractivity contribution in [3.63, 3.8) is 0 Å². The molecule has 1 unspecified atom stereocenters. The molecule has 1 N–H and O–H groups in total. The molecule has 1 aromatic rings. The van der Waals surface area contributed by atoms with E-state index in [9.17, 15) is 4.79 Å². The van der Waals surface area contributed by atoms with Gasteiger partial charge in [0.15, 0.2) is 5.96 Å². The summed E-state index contributed by atoms with van der Waals surface area (Å²) in [5.74, 6) is 0.771. The second-order valence-corrected chi connectivity index (χ2v) is 6.46. The van der Waals surface area contributed by atoms with Crippen LogP contribution in [0.2, 0.25) is 0 Å². The third-order valence-electron chi connectivity index (χ3n) is 4.14. The van der Waals surface area contributed by atoms with E-state index in [1.165, 1.54) is 0 Å². The van der Waals surface area contributed by atoms with Crippen LogP contribution >= 0.6 is 24.0 Å². The van der Waals surface area contributed by atoms with Gasteiger partial charge in [0.05, 0.1) is 19.3 Å². The first-order valence-electron chi connectivity index (χ1n) is 8.84. The number of aryl methyl sites for hydroxylation is 1. The van der Waals surface area contributed by atoms with Crippen molar-refractivity contribution >= 4 is 35.8 Å². The molecular weight excluding hydrogens is 447 g/mol. The smallest absolute Gasteiger partial charge is 0.243 e. The molecule has 1 fully saturated rings. The normalized spacial score (nSPS) is 17.6. The summed E-state index contributed by atoms with van der Waals surface area (Å²) in [5.41, 5.74) is 1.06. The highest BCUT2D eigenvalue weighted by molar-refractivity contribution is 14.0. The minimum absolute atomic E-state index is 0. The number of ether oxygens (including phenoxy) is 1. The van der Waals surface area contributed by atoms with Gasteiger partial charge in [-0.1, -0.05) is 13.3 Å². The Bertz CT molecular complexity index is 590. The van der Waals surface area contributed by atoms with E-state index in [1.54, 1.807) is 23.7 Å². The molecule has 1 aromatic heterocycles. The number of hydrogen-bond acceptors (Lipinski definition) is 4. The molecule has 1 atom stereocenters. The van der Waals surface area contributed by atoms with Crippen molar-refractivity contribution in [1.82, 2.24) is 24.9 Å². The van der Waals surface area contributed by atoms with Gasteiger partial charge in [-0.25, -0.2) is 4.99 Å². The van der Waals surface area contributed by atoms with E-state index in [0.29, 0.717) is 13.2 Å². The van der Waals surface area contributed by atoms with Crippen LogP contribution in [0.3, 0.4) is 0 Å². The number of carbonyl (C=O) groups is 1. The van der Waals surface area contributed by atoms with Crippen LogP contribution in [-0.2, 0) is 16.6 Å². The standard InChI is InChI=1S/C17H30N6O2.HI/c1-5-6-7-18-17(19-11-16(24)21(2)3)23-8-9-25-15(13-23)14-10-20-22(4)12-14;/h10,12,15H,5-9,11,13H2,1-4H3,(H,18,19);1H. The fourth-order valence-corrected chi connectivity index (χ4v) is 2.58. The number of guanidine groups is 1. The van der Waals surface area contributed by atoms with E-state index < -0.39 is 0 Å². The molecule has 0 aliphatic carbocycles. The van der Waals surface area contributed by atoms with Crippen molar-refractivity contribution in [3.8, 4) is 0 Å². The Morgan fingerprint density at radius 2 is 2.27 bits per heavy atom. The van der Waals surface area contributed by atoms with Gasteiger partial charge in [-0.05, 0) is 6.42 Å². The molecule has 0 spiro atoms. The Labute approximate surface area is 173 Å². The van der Waals surface area contributed by atoms with Gasteiger partial charge in [-0.15, -0.1) is 24.0 Å². The molecule has 0 radical (unpaired) electrons. The van der Waals surface area contributed by atoms with Gasteiger partial charge >= 0.3 is 0 Å². The number of nitrogens with one attached hydrogen (secondary N) is 1. The molecule has 1 saturated heterocycles. The Balaban J connectivity index is 0.00000338. The zero-order valence-electron chi connectivity index (χ0n) is 16.1. The molecule has 2 heterocycles. The van der Waals surface area contributed by atoms with Crippen molar-refractivity contribution in [1.29, 1.82) is 0 Å². The van der Waals surface area contributed by atoms with E-state index in [1.807, 2.05) is 19.4 Å². The minimum Gasteiger partial charge on any atom is -0.370 e. The second kappa shape index (κ2) is 11.4. The lowest BCUT2D eigenvalue weighted by Crippen LogP contribution is -2.48. The largest absolute Gasteiger partial charge is 0.370 e. The lowest BCUT2D eigenvalue weighted by atomic mass is 10.1. The number of aromatic nitrogens is 2. The van der Waals surface area contributed by atoms with Crippen molar-refractivity contribution in [2.24, 2.45) is 12.0 Å². The molecule has 0 bridgehead atoms. The quantitative estimate of drug-likeness (QED) is 0.288. The minimum atomic E-state index is -0.0369. The van der Waals surface area contributed by atoms with E-state index in [-0.39, 0.29) is 42.5 Å². The van der Waals surface area contributed by atoms with Gasteiger partial charge in [0, 0.05) is 46.0 Å². The van der Waals surface area contributed by atoms with Gasteiger partial charge in [0.25, 0.3) is 0 Å². The van der Waals surface area contributed by atoms with Crippen LogP contribution < -0.4 is 5.32 Å². The van der Waals surface area contributed by atoms with E-state index in [4.69, 9.17) is 4.74 Å². The zero-order valence-corrected chi connectivity index (χ0v) is 18.5. The first kappa shape index (κ1) is 22.7. The highest BCUT2D eigenvalue weighted by Gasteiger charge is 2.25. The maximum Gasteiger partial charge on any atom is 0.243 e. The van der Waals surface area contributed by atoms with Crippen LogP contribution in [0.4, 0.5) is 0 Å². The van der Waals surface area contributed by atoms with E-state index in [0.717, 1.165) is 37.5 Å². The van der Waals surface area contributed by atoms with Crippen LogP contribution in [0.15, 0.2) is 17.4 Å². The predicted molar refractivity (Wildman–Crippen MR) is 113 cm³/mol. The van der Waals surface area contributed by atoms with Crippen molar-refractivity contribution in [3.05, 3.63) is 18.0 Å². The molecule has 9 heteroatoms. The molecule has 148 valence electrons. The first-order valence-corrected chi connectivity index (χ1v) is 8.84. The summed E-state index contributed by atoms with van der Waals surface area (Å²) in [5, 5.41) is 7.61. The van der Waals surface area contributed by atoms with Crippen LogP contribution in [-0.4, -0.2) is 78.3 Å². The summed E-state index contributed by atoms with van der Waals surface area (Å²) < 4.78 is 7.67. The van der Waals surface area contributed by atoms with Crippen LogP contribution in [0.25, 0.3) is 0 Å². The average Bonchev–Trinajstić information content (AvgIpc) is 3.04. The Morgan fingerprint density at radius 3 is 2.88 bits per heavy atom. The molecule has 0 saturated carbocycles. The van der Waals surface area contributed by atoms with Gasteiger partial charge in [0.2, 0.25) is 5.91 Å². The molecule has 8 nitrogen and oxygen atoms in total. The van der Waals surface area contributed by atoms with Gasteiger partial charge in [-0.2, -0.15) is 5.10 Å². The van der Waals surface area contributed by atoms with Crippen molar-refractivity contribution < 1.29 is 9.53 Å². The number of carbonyl (C=O) groups excluding carboxylic acids is 1. The summed E-state index contributed by atoms with van der Waals surface area (Å²) in [6.45, 7) is 5.22. The predicted octanol–water partition coefficient (Wildman–Crippen LogP) is 1.25. The van der Waals surface area contributed by atoms with Crippen LogP contribution in [0, 0.1) is 0 Å². The third kappa shape index (κ3) is 6.75. The number of morpholine rings is 1. The van der Waals surface area contributed by atoms with Gasteiger partial charge < -0.3 is 19.9 Å². The molecule has 1 aliphatic heterocycles. The number of hydrogen-bond donors (Lipinski definition) is 1. The number of rotatable bonds is 6. The molecule has 1 aliphatic rings. The SMILES string of the molecule is CCCCNC(=NCC(=O)N(C)C)N1CCOC(c2cnn(C)c2)C1.I. The number of aliphatic imine (C=N–C) groups is 1. The summed E-state index contributed by atoms with van der Waals surface area (Å²) in [6, 6.07) is 0. The lowest BCUT2D eigenvalue weighted by molar-refractivity contribution is -0.127. The molecule has 0 aromatic carbocycles. The van der Waals surface area contributed by atoms with Crippen molar-refractivity contribution in [2.45, 2.75) is 25.9 Å². The van der Waals surface area contributed by atoms with Crippen LogP contribution in [0.5, 0.6) is 0 Å². The Kier molecular flexibility index (Phi) is 9.92. The Morgan fingerprint density at radius 1 is 1.50 bits per heavy atom. The summed E-state index contributed by atoms with van der Waals surface area (Å²) in [4.78, 5) is 20.1. The summed E-state index contributed by atoms with van der Waals surface area (Å²) in [6.07, 6.45) is 5.95. The van der Waals surface area contributed by atoms with Crippen molar-refractivity contribution in [2.75, 3.05) is 46.9 Å². The summed E-state index contributed by atoms with van der Waals surface area (Å²) >= 11 is 0. The van der Waals surface area contributed by atoms with Gasteiger partial charge in [0.1, 0.15) is 12.6 Å². The zero-order chi connectivity index (χ0) is 18.2. The number of unbranched alkanes of at least 4 members (excludes halogenated alkanes) is 1. The number of halogens is 1. The summed E-state index contributed by atoms with van der Waals surface area (Å²) in [7, 11) is 5.39. The number of nitrogens with zero attached hydrogens (tertiary/aromatic N) is 5. The van der Waals surface area contributed by atoms with E-state index >= 15 is 0 Å². The molecule has 1 amide bonds. The average molecular weight is 478 g/mol. The first-order chi connectivity index (χ1) is 12.0. The lowest BCUT2D eigenvalue weighted by Gasteiger charge is -2.35. The maximum absolute atomic E-state index is 11.9. The van der Waals surface area contributed by atoms with E-state index in [2.05, 4.69) is 27.2 Å². The molecular formula is C17H31IN6O2. The fourth-order valence-electron chi connectivity index (χ4n) is 2.58. The monoisotopic (exact) mass is 478 g/mol. The molecule has 2 rings (SSSR count). The molecule has 26 heavy (non-hydrogen) atoms. The highest BCUT2D eigenvalue weighted by Crippen LogP contribution is 2.21. The number of amides is 1. The van der Waals surface area contributed by atoms with Crippen LogP contribution in [0.1, 0.15) is 31.4 Å².